The second-order valence-electron chi connectivity index (χ2n) is 4.43. The molecule has 1 aromatic heterocycles. The number of hydrazine groups is 1. The van der Waals surface area contributed by atoms with Crippen molar-refractivity contribution in [3.8, 4) is 11.4 Å². The van der Waals surface area contributed by atoms with E-state index in [0.717, 1.165) is 28.6 Å². The summed E-state index contributed by atoms with van der Waals surface area (Å²) in [6, 6.07) is 7.98. The molecule has 1 aromatic carbocycles. The third kappa shape index (κ3) is 3.30. The highest BCUT2D eigenvalue weighted by Gasteiger charge is 2.07. The minimum Gasteiger partial charge on any atom is -0.308 e. The van der Waals surface area contributed by atoms with Crippen LogP contribution in [0, 0.1) is 6.92 Å². The van der Waals surface area contributed by atoms with Crippen molar-refractivity contribution in [1.29, 1.82) is 0 Å². The number of benzene rings is 1. The second-order valence-corrected chi connectivity index (χ2v) is 5.28. The minimum absolute atomic E-state index is 0.644. The summed E-state index contributed by atoms with van der Waals surface area (Å²) in [5.41, 5.74) is 5.76. The lowest BCUT2D eigenvalue weighted by Crippen LogP contribution is -2.10. The molecule has 0 radical (unpaired) electrons. The van der Waals surface area contributed by atoms with Crippen LogP contribution in [0.15, 0.2) is 28.7 Å². The number of halogens is 1. The van der Waals surface area contributed by atoms with Gasteiger partial charge in [0.05, 0.1) is 0 Å². The molecule has 2 aromatic rings. The summed E-state index contributed by atoms with van der Waals surface area (Å²) in [7, 11) is 0. The quantitative estimate of drug-likeness (QED) is 0.669. The summed E-state index contributed by atoms with van der Waals surface area (Å²) in [4.78, 5) is 8.99. The number of nitrogens with one attached hydrogen (secondary N) is 1. The number of anilines is 1. The largest absolute Gasteiger partial charge is 0.308 e. The first-order chi connectivity index (χ1) is 9.13. The standard InChI is InChI=1S/C14H17BrN4/c1-3-4-11-8-13(19-16)18-14(17-11)10-6-5-9(2)12(15)7-10/h5-8H,3-4,16H2,1-2H3,(H,17,18,19). The molecule has 5 heteroatoms. The first-order valence-corrected chi connectivity index (χ1v) is 7.04. The number of hydrogen-bond acceptors (Lipinski definition) is 4. The summed E-state index contributed by atoms with van der Waals surface area (Å²) in [6.45, 7) is 4.18. The first kappa shape index (κ1) is 14.0. The topological polar surface area (TPSA) is 63.8 Å². The molecule has 0 fully saturated rings. The number of aryl methyl sites for hydroxylation is 2. The summed E-state index contributed by atoms with van der Waals surface area (Å²) in [6.07, 6.45) is 1.95. The van der Waals surface area contributed by atoms with Crippen LogP contribution in [0.5, 0.6) is 0 Å². The molecule has 0 aliphatic heterocycles. The van der Waals surface area contributed by atoms with Crippen LogP contribution in [0.1, 0.15) is 24.6 Å². The van der Waals surface area contributed by atoms with Crippen molar-refractivity contribution in [1.82, 2.24) is 9.97 Å². The smallest absolute Gasteiger partial charge is 0.161 e. The van der Waals surface area contributed by atoms with Crippen molar-refractivity contribution in [3.63, 3.8) is 0 Å². The number of aromatic nitrogens is 2. The fraction of sp³-hybridized carbons (Fsp3) is 0.286. The van der Waals surface area contributed by atoms with Gasteiger partial charge in [-0.05, 0) is 25.0 Å². The first-order valence-electron chi connectivity index (χ1n) is 6.25. The molecule has 0 saturated carbocycles. The zero-order valence-corrected chi connectivity index (χ0v) is 12.7. The van der Waals surface area contributed by atoms with Crippen LogP contribution in [0.25, 0.3) is 11.4 Å². The lowest BCUT2D eigenvalue weighted by Gasteiger charge is -2.08. The fourth-order valence-electron chi connectivity index (χ4n) is 1.82. The number of nitrogen functional groups attached to an aromatic ring is 1. The predicted octanol–water partition coefficient (Wildman–Crippen LogP) is 3.45. The Kier molecular flexibility index (Phi) is 4.50. The molecule has 0 aliphatic carbocycles. The Morgan fingerprint density at radius 1 is 1.26 bits per heavy atom. The van der Waals surface area contributed by atoms with E-state index in [1.54, 1.807) is 0 Å². The van der Waals surface area contributed by atoms with Crippen LogP contribution in [-0.4, -0.2) is 9.97 Å². The average molecular weight is 321 g/mol. The molecule has 0 unspecified atom stereocenters. The summed E-state index contributed by atoms with van der Waals surface area (Å²) >= 11 is 3.53. The zero-order valence-electron chi connectivity index (χ0n) is 11.1. The number of nitrogens with zero attached hydrogens (tertiary/aromatic N) is 2. The Morgan fingerprint density at radius 2 is 2.05 bits per heavy atom. The highest BCUT2D eigenvalue weighted by Crippen LogP contribution is 2.24. The van der Waals surface area contributed by atoms with Gasteiger partial charge < -0.3 is 5.43 Å². The Balaban J connectivity index is 2.47. The Labute approximate surface area is 121 Å². The third-order valence-corrected chi connectivity index (χ3v) is 3.72. The van der Waals surface area contributed by atoms with Gasteiger partial charge in [0.1, 0.15) is 5.82 Å². The molecule has 0 bridgehead atoms. The van der Waals surface area contributed by atoms with Crippen molar-refractivity contribution in [2.75, 3.05) is 5.43 Å². The SMILES string of the molecule is CCCc1cc(NN)nc(-c2ccc(C)c(Br)c2)n1. The average Bonchev–Trinajstić information content (AvgIpc) is 2.42. The van der Waals surface area contributed by atoms with Crippen molar-refractivity contribution < 1.29 is 0 Å². The van der Waals surface area contributed by atoms with Crippen LogP contribution in [0.2, 0.25) is 0 Å². The molecule has 0 amide bonds. The number of nitrogens with two attached hydrogens (primary N) is 1. The number of rotatable bonds is 4. The lowest BCUT2D eigenvalue weighted by molar-refractivity contribution is 0.875. The Bertz CT molecular complexity index is 584. The van der Waals surface area contributed by atoms with Crippen LogP contribution < -0.4 is 11.3 Å². The molecule has 19 heavy (non-hydrogen) atoms. The van der Waals surface area contributed by atoms with Gasteiger partial charge in [-0.3, -0.25) is 0 Å². The van der Waals surface area contributed by atoms with Gasteiger partial charge in [0.2, 0.25) is 0 Å². The molecule has 4 nitrogen and oxygen atoms in total. The molecule has 1 heterocycles. The summed E-state index contributed by atoms with van der Waals surface area (Å²) < 4.78 is 1.05. The molecule has 100 valence electrons. The van der Waals surface area contributed by atoms with Gasteiger partial charge in [-0.15, -0.1) is 0 Å². The maximum absolute atomic E-state index is 5.47. The van der Waals surface area contributed by atoms with Crippen LogP contribution in [0.4, 0.5) is 5.82 Å². The molecule has 3 N–H and O–H groups in total. The van der Waals surface area contributed by atoms with Gasteiger partial charge in [0.25, 0.3) is 0 Å². The summed E-state index contributed by atoms with van der Waals surface area (Å²) in [5, 5.41) is 0. The van der Waals surface area contributed by atoms with Crippen molar-refractivity contribution >= 4 is 21.7 Å². The van der Waals surface area contributed by atoms with E-state index in [0.29, 0.717) is 11.6 Å². The Morgan fingerprint density at radius 3 is 2.68 bits per heavy atom. The molecule has 0 aliphatic rings. The third-order valence-electron chi connectivity index (χ3n) is 2.86. The molecule has 0 spiro atoms. The van der Waals surface area contributed by atoms with Gasteiger partial charge in [0, 0.05) is 21.8 Å². The molecular formula is C14H17BrN4. The van der Waals surface area contributed by atoms with E-state index >= 15 is 0 Å². The minimum atomic E-state index is 0.644. The second kappa shape index (κ2) is 6.12. The van der Waals surface area contributed by atoms with E-state index in [2.05, 4.69) is 45.2 Å². The van der Waals surface area contributed by atoms with Crippen molar-refractivity contribution in [2.24, 2.45) is 5.84 Å². The molecule has 0 atom stereocenters. The van der Waals surface area contributed by atoms with E-state index < -0.39 is 0 Å². The maximum atomic E-state index is 5.47. The normalized spacial score (nSPS) is 10.5. The monoisotopic (exact) mass is 320 g/mol. The summed E-state index contributed by atoms with van der Waals surface area (Å²) in [5.74, 6) is 6.80. The van der Waals surface area contributed by atoms with E-state index in [1.807, 2.05) is 24.3 Å². The van der Waals surface area contributed by atoms with E-state index in [4.69, 9.17) is 5.84 Å². The van der Waals surface area contributed by atoms with E-state index in [1.165, 1.54) is 5.56 Å². The van der Waals surface area contributed by atoms with Crippen molar-refractivity contribution in [2.45, 2.75) is 26.7 Å². The maximum Gasteiger partial charge on any atom is 0.161 e. The highest BCUT2D eigenvalue weighted by atomic mass is 79.9. The van der Waals surface area contributed by atoms with Gasteiger partial charge in [-0.1, -0.05) is 41.4 Å². The zero-order chi connectivity index (χ0) is 13.8. The predicted molar refractivity (Wildman–Crippen MR) is 81.7 cm³/mol. The Hall–Kier alpha value is -1.46. The molecule has 2 rings (SSSR count). The van der Waals surface area contributed by atoms with Crippen LogP contribution in [0.3, 0.4) is 0 Å². The molecule has 0 saturated heterocycles. The van der Waals surface area contributed by atoms with E-state index in [9.17, 15) is 0 Å². The van der Waals surface area contributed by atoms with Gasteiger partial charge in [-0.2, -0.15) is 0 Å². The van der Waals surface area contributed by atoms with Gasteiger partial charge >= 0.3 is 0 Å². The van der Waals surface area contributed by atoms with Gasteiger partial charge in [-0.25, -0.2) is 15.8 Å². The van der Waals surface area contributed by atoms with Crippen LogP contribution in [-0.2, 0) is 6.42 Å². The number of hydrogen-bond donors (Lipinski definition) is 2. The van der Waals surface area contributed by atoms with E-state index in [-0.39, 0.29) is 0 Å². The van der Waals surface area contributed by atoms with Gasteiger partial charge in [0.15, 0.2) is 5.82 Å². The van der Waals surface area contributed by atoms with Crippen LogP contribution >= 0.6 is 15.9 Å². The fourth-order valence-corrected chi connectivity index (χ4v) is 2.20. The van der Waals surface area contributed by atoms with Crippen molar-refractivity contribution in [3.05, 3.63) is 40.0 Å². The lowest BCUT2D eigenvalue weighted by atomic mass is 10.1. The molecular weight excluding hydrogens is 304 g/mol. The highest BCUT2D eigenvalue weighted by molar-refractivity contribution is 9.10.